The Morgan fingerprint density at radius 1 is 1.22 bits per heavy atom. The van der Waals surface area contributed by atoms with Crippen LogP contribution in [-0.2, 0) is 11.0 Å². The quantitative estimate of drug-likeness (QED) is 0.534. The van der Waals surface area contributed by atoms with Gasteiger partial charge in [-0.3, -0.25) is 9.69 Å². The molecule has 1 aliphatic heterocycles. The van der Waals surface area contributed by atoms with Crippen LogP contribution in [0, 0.1) is 0 Å². The molecule has 2 aromatic carbocycles. The molecule has 0 saturated carbocycles. The second-order valence-electron chi connectivity index (χ2n) is 5.56. The molecule has 27 heavy (non-hydrogen) atoms. The Labute approximate surface area is 166 Å². The molecule has 1 N–H and O–H groups in total. The molecule has 3 rings (SSSR count). The zero-order chi connectivity index (χ0) is 19.8. The maximum Gasteiger partial charge on any atom is 0.416 e. The molecule has 1 heterocycles. The molecule has 1 amide bonds. The van der Waals surface area contributed by atoms with Gasteiger partial charge in [-0.05, 0) is 54.7 Å². The van der Waals surface area contributed by atoms with Crippen molar-refractivity contribution in [2.45, 2.75) is 6.18 Å². The maximum absolute atomic E-state index is 13.0. The van der Waals surface area contributed by atoms with Crippen molar-refractivity contribution in [2.75, 3.05) is 12.0 Å². The summed E-state index contributed by atoms with van der Waals surface area (Å²) in [6, 6.07) is 9.69. The molecule has 1 saturated heterocycles. The first-order valence-corrected chi connectivity index (χ1v) is 8.79. The van der Waals surface area contributed by atoms with Crippen LogP contribution in [0.4, 0.5) is 18.9 Å². The van der Waals surface area contributed by atoms with E-state index >= 15 is 0 Å². The van der Waals surface area contributed by atoms with E-state index in [1.165, 1.54) is 25.3 Å². The number of carbonyl (C=O) groups excluding carboxylic acids is 1. The van der Waals surface area contributed by atoms with Crippen LogP contribution in [0.1, 0.15) is 11.1 Å². The summed E-state index contributed by atoms with van der Waals surface area (Å²) in [5.74, 6) is -0.0231. The number of hydrogen-bond donors (Lipinski definition) is 1. The van der Waals surface area contributed by atoms with Gasteiger partial charge in [0.2, 0.25) is 0 Å². The summed E-state index contributed by atoms with van der Waals surface area (Å²) in [7, 11) is 1.49. The first kappa shape index (κ1) is 19.4. The third-order valence-electron chi connectivity index (χ3n) is 3.80. The number of halogens is 4. The Bertz CT molecular complexity index is 960. The minimum atomic E-state index is -4.52. The smallest absolute Gasteiger partial charge is 0.416 e. The van der Waals surface area contributed by atoms with E-state index in [1.807, 2.05) is 0 Å². The van der Waals surface area contributed by atoms with E-state index in [0.717, 1.165) is 21.5 Å². The van der Waals surface area contributed by atoms with E-state index in [0.29, 0.717) is 11.3 Å². The van der Waals surface area contributed by atoms with Gasteiger partial charge in [0.1, 0.15) is 11.4 Å². The van der Waals surface area contributed by atoms with Crippen molar-refractivity contribution in [3.05, 3.63) is 63.8 Å². The number of ether oxygens (including phenoxy) is 1. The van der Waals surface area contributed by atoms with Gasteiger partial charge < -0.3 is 10.1 Å². The van der Waals surface area contributed by atoms with Crippen LogP contribution in [-0.4, -0.2) is 18.1 Å². The Morgan fingerprint density at radius 2 is 1.96 bits per heavy atom. The molecule has 4 nitrogen and oxygen atoms in total. The summed E-state index contributed by atoms with van der Waals surface area (Å²) in [6.45, 7) is 0. The highest BCUT2D eigenvalue weighted by atomic mass is 79.9. The Balaban J connectivity index is 1.98. The summed E-state index contributed by atoms with van der Waals surface area (Å²) in [6.07, 6.45) is -2.98. The van der Waals surface area contributed by atoms with Crippen molar-refractivity contribution in [1.29, 1.82) is 0 Å². The van der Waals surface area contributed by atoms with Gasteiger partial charge in [0.05, 0.1) is 18.4 Å². The Morgan fingerprint density at radius 3 is 2.63 bits per heavy atom. The standard InChI is InChI=1S/C18H12BrF3N2O2S/c1-26-15-6-5-12(19)7-10(15)8-14-16(25)24(17(27)23-14)13-4-2-3-11(9-13)18(20,21)22/h2-9H,1H3,(H,23,27)/b14-8+. The normalized spacial score (nSPS) is 16.0. The lowest BCUT2D eigenvalue weighted by atomic mass is 10.1. The second kappa shape index (κ2) is 7.32. The number of methoxy groups -OCH3 is 1. The molecule has 0 atom stereocenters. The van der Waals surface area contributed by atoms with Crippen LogP contribution in [0.2, 0.25) is 0 Å². The number of alkyl halides is 3. The molecule has 1 fully saturated rings. The number of benzene rings is 2. The topological polar surface area (TPSA) is 41.6 Å². The molecule has 2 aromatic rings. The molecule has 1 aliphatic rings. The van der Waals surface area contributed by atoms with Crippen LogP contribution in [0.15, 0.2) is 52.6 Å². The van der Waals surface area contributed by atoms with Crippen LogP contribution in [0.5, 0.6) is 5.75 Å². The van der Waals surface area contributed by atoms with E-state index in [4.69, 9.17) is 17.0 Å². The second-order valence-corrected chi connectivity index (χ2v) is 6.87. The van der Waals surface area contributed by atoms with Gasteiger partial charge >= 0.3 is 6.18 Å². The maximum atomic E-state index is 13.0. The number of nitrogens with one attached hydrogen (secondary N) is 1. The minimum Gasteiger partial charge on any atom is -0.496 e. The predicted octanol–water partition coefficient (Wildman–Crippen LogP) is 4.74. The fourth-order valence-electron chi connectivity index (χ4n) is 2.56. The van der Waals surface area contributed by atoms with Crippen LogP contribution in [0.25, 0.3) is 6.08 Å². The van der Waals surface area contributed by atoms with Gasteiger partial charge in [0, 0.05) is 10.0 Å². The van der Waals surface area contributed by atoms with E-state index < -0.39 is 17.6 Å². The van der Waals surface area contributed by atoms with Crippen molar-refractivity contribution in [3.63, 3.8) is 0 Å². The first-order valence-electron chi connectivity index (χ1n) is 7.58. The van der Waals surface area contributed by atoms with Gasteiger partial charge in [-0.2, -0.15) is 13.2 Å². The van der Waals surface area contributed by atoms with E-state index in [-0.39, 0.29) is 16.5 Å². The number of amides is 1. The van der Waals surface area contributed by atoms with Crippen LogP contribution in [0.3, 0.4) is 0 Å². The van der Waals surface area contributed by atoms with Gasteiger partial charge in [0.15, 0.2) is 5.11 Å². The Kier molecular flexibility index (Phi) is 5.25. The summed E-state index contributed by atoms with van der Waals surface area (Å²) >= 11 is 8.49. The fraction of sp³-hybridized carbons (Fsp3) is 0.111. The molecular formula is C18H12BrF3N2O2S. The molecule has 0 radical (unpaired) electrons. The molecule has 0 unspecified atom stereocenters. The van der Waals surface area contributed by atoms with Crippen LogP contribution < -0.4 is 15.0 Å². The molecule has 0 spiro atoms. The zero-order valence-corrected chi connectivity index (χ0v) is 16.2. The molecule has 9 heteroatoms. The Hall–Kier alpha value is -2.39. The first-order chi connectivity index (χ1) is 12.7. The summed E-state index contributed by atoms with van der Waals surface area (Å²) in [5, 5.41) is 2.75. The van der Waals surface area contributed by atoms with Gasteiger partial charge in [-0.15, -0.1) is 0 Å². The zero-order valence-electron chi connectivity index (χ0n) is 13.8. The lowest BCUT2D eigenvalue weighted by molar-refractivity contribution is -0.137. The van der Waals surface area contributed by atoms with Gasteiger partial charge in [-0.1, -0.05) is 22.0 Å². The number of rotatable bonds is 3. The van der Waals surface area contributed by atoms with Crippen LogP contribution >= 0.6 is 28.1 Å². The largest absolute Gasteiger partial charge is 0.496 e. The lowest BCUT2D eigenvalue weighted by Gasteiger charge is -2.16. The van der Waals surface area contributed by atoms with E-state index in [1.54, 1.807) is 18.2 Å². The van der Waals surface area contributed by atoms with Crippen molar-refractivity contribution < 1.29 is 22.7 Å². The number of thiocarbonyl (C=S) groups is 1. The average Bonchev–Trinajstić information content (AvgIpc) is 2.88. The third-order valence-corrected chi connectivity index (χ3v) is 4.58. The number of hydrogen-bond acceptors (Lipinski definition) is 3. The molecule has 140 valence electrons. The number of anilines is 1. The average molecular weight is 457 g/mol. The summed E-state index contributed by atoms with van der Waals surface area (Å²) < 4.78 is 44.9. The monoisotopic (exact) mass is 456 g/mol. The van der Waals surface area contributed by atoms with Gasteiger partial charge in [-0.25, -0.2) is 0 Å². The fourth-order valence-corrected chi connectivity index (χ4v) is 3.24. The summed E-state index contributed by atoms with van der Waals surface area (Å²) in [5.41, 5.74) is -0.0798. The predicted molar refractivity (Wildman–Crippen MR) is 103 cm³/mol. The highest BCUT2D eigenvalue weighted by Crippen LogP contribution is 2.33. The number of nitrogens with zero attached hydrogens (tertiary/aromatic N) is 1. The molecule has 0 aliphatic carbocycles. The SMILES string of the molecule is COc1ccc(Br)cc1/C=C1/NC(=S)N(c2cccc(C(F)(F)F)c2)C1=O. The van der Waals surface area contributed by atoms with Crippen molar-refractivity contribution in [1.82, 2.24) is 5.32 Å². The molecule has 0 aromatic heterocycles. The van der Waals surface area contributed by atoms with E-state index in [9.17, 15) is 18.0 Å². The van der Waals surface area contributed by atoms with Gasteiger partial charge in [0.25, 0.3) is 5.91 Å². The number of carbonyl (C=O) groups is 1. The van der Waals surface area contributed by atoms with E-state index in [2.05, 4.69) is 21.2 Å². The third kappa shape index (κ3) is 3.98. The summed E-state index contributed by atoms with van der Waals surface area (Å²) in [4.78, 5) is 13.8. The highest BCUT2D eigenvalue weighted by Gasteiger charge is 2.35. The van der Waals surface area contributed by atoms with Crippen molar-refractivity contribution in [3.8, 4) is 5.75 Å². The molecule has 0 bridgehead atoms. The lowest BCUT2D eigenvalue weighted by Crippen LogP contribution is -2.30. The highest BCUT2D eigenvalue weighted by molar-refractivity contribution is 9.10. The van der Waals surface area contributed by atoms with Crippen molar-refractivity contribution >= 4 is 50.9 Å². The minimum absolute atomic E-state index is 0.000428. The van der Waals surface area contributed by atoms with Crippen molar-refractivity contribution in [2.24, 2.45) is 0 Å². The molecular weight excluding hydrogens is 445 g/mol.